The summed E-state index contributed by atoms with van der Waals surface area (Å²) < 4.78 is 1.14. The summed E-state index contributed by atoms with van der Waals surface area (Å²) >= 11 is 0. The minimum absolute atomic E-state index is 0.0351. The normalized spacial score (nSPS) is 13.2. The Balaban J connectivity index is 2.04. The summed E-state index contributed by atoms with van der Waals surface area (Å²) in [7, 11) is 0. The lowest BCUT2D eigenvalue weighted by molar-refractivity contribution is -0.135. The maximum absolute atomic E-state index is 11.4. The van der Waals surface area contributed by atoms with Crippen LogP contribution in [-0.2, 0) is 16.1 Å². The average molecular weight is 330 g/mol. The van der Waals surface area contributed by atoms with E-state index in [1.54, 1.807) is 13.0 Å². The van der Waals surface area contributed by atoms with Crippen molar-refractivity contribution in [1.82, 2.24) is 4.57 Å². The van der Waals surface area contributed by atoms with Gasteiger partial charge in [0.25, 0.3) is 0 Å². The van der Waals surface area contributed by atoms with Gasteiger partial charge in [-0.25, -0.2) is 9.98 Å². The van der Waals surface area contributed by atoms with Crippen molar-refractivity contribution in [2.24, 2.45) is 9.98 Å². The molecule has 0 spiro atoms. The molecule has 3 rings (SSSR count). The number of hydrogen-bond donors (Lipinski definition) is 4. The predicted molar refractivity (Wildman–Crippen MR) is 81.6 cm³/mol. The number of nitrogens with zero attached hydrogens (tertiary/aromatic N) is 3. The zero-order valence-electron chi connectivity index (χ0n) is 12.6. The van der Waals surface area contributed by atoms with E-state index in [-0.39, 0.29) is 36.0 Å². The topological polar surface area (TPSA) is 137 Å². The van der Waals surface area contributed by atoms with Crippen LogP contribution in [0.4, 0.5) is 11.4 Å². The molecule has 2 amide bonds. The van der Waals surface area contributed by atoms with Gasteiger partial charge in [0.1, 0.15) is 5.69 Å². The Morgan fingerprint density at radius 2 is 1.67 bits per heavy atom. The van der Waals surface area contributed by atoms with Crippen LogP contribution in [0.15, 0.2) is 28.2 Å². The molecule has 9 heteroatoms. The van der Waals surface area contributed by atoms with Crippen LogP contribution in [0.1, 0.15) is 5.56 Å². The number of fused-ring (bicyclic) bond motifs is 1. The molecule has 0 fully saturated rings. The summed E-state index contributed by atoms with van der Waals surface area (Å²) in [5, 5.41) is 32.3. The van der Waals surface area contributed by atoms with Crippen LogP contribution in [0, 0.1) is 6.92 Å². The van der Waals surface area contributed by atoms with E-state index in [0.29, 0.717) is 16.6 Å². The third-order valence-electron chi connectivity index (χ3n) is 3.59. The fourth-order valence-corrected chi connectivity index (χ4v) is 2.39. The van der Waals surface area contributed by atoms with Crippen LogP contribution in [0.3, 0.4) is 0 Å². The predicted octanol–water partition coefficient (Wildman–Crippen LogP) is -0.750. The van der Waals surface area contributed by atoms with Gasteiger partial charge in [-0.15, -0.1) is 0 Å². The number of aliphatic hydroxyl groups is 1. The summed E-state index contributed by atoms with van der Waals surface area (Å²) in [4.78, 5) is 30.0. The molecule has 24 heavy (non-hydrogen) atoms. The van der Waals surface area contributed by atoms with Gasteiger partial charge in [-0.05, 0) is 24.6 Å². The van der Waals surface area contributed by atoms with E-state index in [0.717, 1.165) is 4.57 Å². The van der Waals surface area contributed by atoms with E-state index in [1.807, 2.05) is 0 Å². The second-order valence-electron chi connectivity index (χ2n) is 5.23. The number of benzene rings is 1. The number of aliphatic hydroxyl groups excluding tert-OH is 1. The molecular weight excluding hydrogens is 316 g/mol. The van der Waals surface area contributed by atoms with Crippen molar-refractivity contribution in [3.8, 4) is 11.8 Å². The second-order valence-corrected chi connectivity index (χ2v) is 5.23. The quantitative estimate of drug-likeness (QED) is 0.545. The molecule has 1 aliphatic heterocycles. The number of aromatic nitrogens is 1. The van der Waals surface area contributed by atoms with Crippen molar-refractivity contribution in [3.63, 3.8) is 0 Å². The molecule has 1 aromatic heterocycles. The van der Waals surface area contributed by atoms with Crippen LogP contribution >= 0.6 is 0 Å². The van der Waals surface area contributed by atoms with Crippen molar-refractivity contribution in [1.29, 1.82) is 0 Å². The average Bonchev–Trinajstić information content (AvgIpc) is 2.78. The number of carbonyl (C=O) groups excluding carboxylic acids is 2. The van der Waals surface area contributed by atoms with Gasteiger partial charge in [-0.3, -0.25) is 14.2 Å². The fourth-order valence-electron chi connectivity index (χ4n) is 2.39. The number of carbonyl (C=O) groups is 2. The highest BCUT2D eigenvalue weighted by Gasteiger charge is 2.18. The summed E-state index contributed by atoms with van der Waals surface area (Å²) in [5.74, 6) is -2.30. The third kappa shape index (κ3) is 2.61. The monoisotopic (exact) mass is 330 g/mol. The standard InChI is InChI=1S/C15H14N4O5/c1-7-4-9-10(18-14(23)13(22)17-9)5-8(7)16-11-6-12(21)19(2-3-20)15(11)24/h4-6,16,20-21,24H,2-3H2,1H3. The van der Waals surface area contributed by atoms with E-state index in [4.69, 9.17) is 5.11 Å². The van der Waals surface area contributed by atoms with Crippen LogP contribution in [0.5, 0.6) is 11.8 Å². The molecule has 0 unspecified atom stereocenters. The maximum atomic E-state index is 11.4. The Kier molecular flexibility index (Phi) is 3.78. The van der Waals surface area contributed by atoms with Crippen LogP contribution in [0.25, 0.3) is 0 Å². The van der Waals surface area contributed by atoms with Gasteiger partial charge in [0.2, 0.25) is 5.88 Å². The molecule has 0 aliphatic carbocycles. The first kappa shape index (κ1) is 15.7. The Morgan fingerprint density at radius 3 is 2.29 bits per heavy atom. The van der Waals surface area contributed by atoms with Crippen molar-refractivity contribution in [3.05, 3.63) is 34.5 Å². The highest BCUT2D eigenvalue weighted by molar-refractivity contribution is 6.36. The largest absolute Gasteiger partial charge is 0.494 e. The van der Waals surface area contributed by atoms with Gasteiger partial charge in [-0.2, -0.15) is 0 Å². The Labute approximate surface area is 135 Å². The van der Waals surface area contributed by atoms with Crippen molar-refractivity contribution in [2.45, 2.75) is 13.5 Å². The van der Waals surface area contributed by atoms with E-state index in [2.05, 4.69) is 15.3 Å². The zero-order valence-corrected chi connectivity index (χ0v) is 12.6. The molecule has 0 saturated heterocycles. The SMILES string of the molecule is Cc1cc2c(cc1Nc1cc(O)n(CCO)c1O)=NC(=O)C(=O)N=2. The molecule has 0 bridgehead atoms. The Hall–Kier alpha value is -3.20. The number of rotatable bonds is 4. The molecule has 2 heterocycles. The van der Waals surface area contributed by atoms with Gasteiger partial charge < -0.3 is 20.6 Å². The first-order valence-corrected chi connectivity index (χ1v) is 7.06. The van der Waals surface area contributed by atoms with Crippen LogP contribution in [0.2, 0.25) is 0 Å². The molecule has 4 N–H and O–H groups in total. The lowest BCUT2D eigenvalue weighted by atomic mass is 10.1. The molecule has 1 aliphatic rings. The minimum Gasteiger partial charge on any atom is -0.494 e. The summed E-state index contributed by atoms with van der Waals surface area (Å²) in [6.07, 6.45) is 0. The minimum atomic E-state index is -0.938. The highest BCUT2D eigenvalue weighted by Crippen LogP contribution is 2.34. The number of nitrogens with one attached hydrogen (secondary N) is 1. The van der Waals surface area contributed by atoms with E-state index in [9.17, 15) is 19.8 Å². The van der Waals surface area contributed by atoms with Gasteiger partial charge in [0.15, 0.2) is 5.88 Å². The number of aryl methyl sites for hydroxylation is 1. The first-order valence-electron chi connectivity index (χ1n) is 7.06. The number of aromatic hydroxyl groups is 2. The van der Waals surface area contributed by atoms with Crippen LogP contribution in [-0.4, -0.2) is 38.3 Å². The molecule has 124 valence electrons. The lowest BCUT2D eigenvalue weighted by Crippen LogP contribution is -2.34. The van der Waals surface area contributed by atoms with Gasteiger partial charge >= 0.3 is 11.8 Å². The fraction of sp³-hybridized carbons (Fsp3) is 0.200. The summed E-state index contributed by atoms with van der Waals surface area (Å²) in [5.41, 5.74) is 1.44. The van der Waals surface area contributed by atoms with E-state index >= 15 is 0 Å². The summed E-state index contributed by atoms with van der Waals surface area (Å²) in [6, 6.07) is 4.42. The van der Waals surface area contributed by atoms with E-state index < -0.39 is 11.8 Å². The third-order valence-corrected chi connectivity index (χ3v) is 3.59. The highest BCUT2D eigenvalue weighted by atomic mass is 16.3. The molecular formula is C15H14N4O5. The van der Waals surface area contributed by atoms with E-state index in [1.165, 1.54) is 12.1 Å². The number of hydrogen-bond acceptors (Lipinski definition) is 6. The van der Waals surface area contributed by atoms with Gasteiger partial charge in [0.05, 0.1) is 23.9 Å². The maximum Gasteiger partial charge on any atom is 0.338 e. The van der Waals surface area contributed by atoms with Gasteiger partial charge in [-0.1, -0.05) is 0 Å². The smallest absolute Gasteiger partial charge is 0.338 e. The summed E-state index contributed by atoms with van der Waals surface area (Å²) in [6.45, 7) is 1.54. The molecule has 0 saturated carbocycles. The molecule has 9 nitrogen and oxygen atoms in total. The number of anilines is 2. The zero-order chi connectivity index (χ0) is 17.4. The Morgan fingerprint density at radius 1 is 1.04 bits per heavy atom. The molecule has 0 radical (unpaired) electrons. The van der Waals surface area contributed by atoms with Gasteiger partial charge in [0, 0.05) is 11.8 Å². The number of amides is 2. The first-order chi connectivity index (χ1) is 11.4. The Bertz CT molecular complexity index is 977. The second kappa shape index (κ2) is 5.78. The lowest BCUT2D eigenvalue weighted by Gasteiger charge is -2.10. The van der Waals surface area contributed by atoms with Crippen LogP contribution < -0.4 is 16.0 Å². The van der Waals surface area contributed by atoms with Crippen molar-refractivity contribution in [2.75, 3.05) is 11.9 Å². The molecule has 2 aromatic rings. The van der Waals surface area contributed by atoms with Crippen molar-refractivity contribution >= 4 is 23.2 Å². The molecule has 1 aromatic carbocycles. The van der Waals surface area contributed by atoms with Crippen molar-refractivity contribution < 1.29 is 24.9 Å². The molecule has 0 atom stereocenters.